The summed E-state index contributed by atoms with van der Waals surface area (Å²) >= 11 is 1.36. The average molecular weight is 463 g/mol. The van der Waals surface area contributed by atoms with Crippen LogP contribution in [0.3, 0.4) is 0 Å². The number of carbonyl (C=O) groups excluding carboxylic acids is 2. The van der Waals surface area contributed by atoms with Gasteiger partial charge in [-0.3, -0.25) is 9.69 Å². The molecule has 1 aromatic heterocycles. The molecule has 1 aliphatic rings. The molecule has 172 valence electrons. The molecule has 0 aliphatic carbocycles. The molecule has 10 heteroatoms. The van der Waals surface area contributed by atoms with E-state index >= 15 is 0 Å². The summed E-state index contributed by atoms with van der Waals surface area (Å²) in [6.07, 6.45) is 4.74. The maximum absolute atomic E-state index is 12.5. The van der Waals surface area contributed by atoms with Crippen molar-refractivity contribution in [3.05, 3.63) is 41.3 Å². The SMILES string of the molecule is COC(=O)c1c(-c2ccccc2)csc1NC(=O)CN1CCCCCC1.O=C(O)C(=O)O. The predicted molar refractivity (Wildman–Crippen MR) is 120 cm³/mol. The molecule has 1 aliphatic heterocycles. The van der Waals surface area contributed by atoms with E-state index in [-0.39, 0.29) is 5.91 Å². The number of amides is 1. The van der Waals surface area contributed by atoms with E-state index in [1.165, 1.54) is 31.3 Å². The number of nitrogens with one attached hydrogen (secondary N) is 1. The predicted octanol–water partition coefficient (Wildman–Crippen LogP) is 3.17. The molecule has 0 spiro atoms. The summed E-state index contributed by atoms with van der Waals surface area (Å²) in [5.74, 6) is -4.17. The summed E-state index contributed by atoms with van der Waals surface area (Å²) in [6, 6.07) is 9.66. The second kappa shape index (κ2) is 12.6. The van der Waals surface area contributed by atoms with E-state index in [0.29, 0.717) is 17.1 Å². The summed E-state index contributed by atoms with van der Waals surface area (Å²) in [7, 11) is 1.36. The van der Waals surface area contributed by atoms with Crippen LogP contribution in [0.2, 0.25) is 0 Å². The Kier molecular flexibility index (Phi) is 9.83. The molecule has 0 saturated carbocycles. The number of rotatable bonds is 5. The molecule has 0 unspecified atom stereocenters. The van der Waals surface area contributed by atoms with Crippen molar-refractivity contribution in [2.24, 2.45) is 0 Å². The Morgan fingerprint density at radius 1 is 1.00 bits per heavy atom. The Labute approximate surface area is 189 Å². The van der Waals surface area contributed by atoms with Crippen LogP contribution in [0.4, 0.5) is 5.00 Å². The number of methoxy groups -OCH3 is 1. The van der Waals surface area contributed by atoms with Crippen LogP contribution in [-0.2, 0) is 19.1 Å². The van der Waals surface area contributed by atoms with Gasteiger partial charge < -0.3 is 20.3 Å². The zero-order chi connectivity index (χ0) is 23.5. The van der Waals surface area contributed by atoms with Gasteiger partial charge in [-0.15, -0.1) is 11.3 Å². The molecule has 3 N–H and O–H groups in total. The van der Waals surface area contributed by atoms with Gasteiger partial charge in [0, 0.05) is 10.9 Å². The zero-order valence-electron chi connectivity index (χ0n) is 17.7. The number of carboxylic acids is 2. The number of anilines is 1. The van der Waals surface area contributed by atoms with Crippen molar-refractivity contribution < 1.29 is 34.1 Å². The number of ether oxygens (including phenoxy) is 1. The van der Waals surface area contributed by atoms with Gasteiger partial charge >= 0.3 is 17.9 Å². The van der Waals surface area contributed by atoms with E-state index in [4.69, 9.17) is 24.5 Å². The van der Waals surface area contributed by atoms with E-state index in [1.54, 1.807) is 0 Å². The van der Waals surface area contributed by atoms with Crippen LogP contribution in [0.5, 0.6) is 0 Å². The molecule has 1 aromatic carbocycles. The van der Waals surface area contributed by atoms with Crippen LogP contribution < -0.4 is 5.32 Å². The van der Waals surface area contributed by atoms with Crippen molar-refractivity contribution in [3.63, 3.8) is 0 Å². The smallest absolute Gasteiger partial charge is 0.414 e. The number of benzene rings is 1. The lowest BCUT2D eigenvalue weighted by Crippen LogP contribution is -2.34. The summed E-state index contributed by atoms with van der Waals surface area (Å²) in [6.45, 7) is 2.27. The average Bonchev–Trinajstić information content (AvgIpc) is 3.01. The van der Waals surface area contributed by atoms with Gasteiger partial charge in [0.25, 0.3) is 0 Å². The fourth-order valence-corrected chi connectivity index (χ4v) is 4.22. The van der Waals surface area contributed by atoms with Crippen molar-refractivity contribution >= 4 is 40.2 Å². The third kappa shape index (κ3) is 7.47. The number of nitrogens with zero attached hydrogens (tertiary/aromatic N) is 1. The fraction of sp³-hybridized carbons (Fsp3) is 0.364. The number of carboxylic acid groups (broad SMARTS) is 2. The normalized spacial score (nSPS) is 13.8. The second-order valence-corrected chi connectivity index (χ2v) is 7.94. The summed E-state index contributed by atoms with van der Waals surface area (Å²) in [5, 5.41) is 20.1. The first kappa shape index (κ1) is 25.0. The largest absolute Gasteiger partial charge is 0.473 e. The third-order valence-corrected chi connectivity index (χ3v) is 5.66. The van der Waals surface area contributed by atoms with E-state index in [2.05, 4.69) is 10.2 Å². The standard InChI is InChI=1S/C20H24N2O3S.C2H2O4/c1-25-20(24)18-16(15-9-5-4-6-10-15)14-26-19(18)21-17(23)13-22-11-7-2-3-8-12-22;3-1(4)2(5)6/h4-6,9-10,14H,2-3,7-8,11-13H2,1H3,(H,21,23);(H,3,4)(H,5,6). The van der Waals surface area contributed by atoms with E-state index in [1.807, 2.05) is 35.7 Å². The molecule has 2 heterocycles. The van der Waals surface area contributed by atoms with Gasteiger partial charge in [0.05, 0.1) is 13.7 Å². The number of likely N-dealkylation sites (tertiary alicyclic amines) is 1. The van der Waals surface area contributed by atoms with Crippen molar-refractivity contribution in [3.8, 4) is 11.1 Å². The maximum atomic E-state index is 12.5. The Balaban J connectivity index is 0.000000534. The maximum Gasteiger partial charge on any atom is 0.414 e. The molecular formula is C22H26N2O7S. The number of esters is 1. The second-order valence-electron chi connectivity index (χ2n) is 7.06. The molecule has 0 atom stereocenters. The number of thiophene rings is 1. The highest BCUT2D eigenvalue weighted by atomic mass is 32.1. The molecule has 1 saturated heterocycles. The van der Waals surface area contributed by atoms with E-state index in [9.17, 15) is 9.59 Å². The molecule has 0 radical (unpaired) electrons. The highest BCUT2D eigenvalue weighted by molar-refractivity contribution is 7.15. The molecule has 1 fully saturated rings. The Morgan fingerprint density at radius 2 is 1.59 bits per heavy atom. The van der Waals surface area contributed by atoms with Crippen LogP contribution in [0.15, 0.2) is 35.7 Å². The van der Waals surface area contributed by atoms with Gasteiger partial charge in [-0.2, -0.15) is 0 Å². The molecule has 9 nitrogen and oxygen atoms in total. The van der Waals surface area contributed by atoms with Crippen molar-refractivity contribution in [2.45, 2.75) is 25.7 Å². The van der Waals surface area contributed by atoms with Crippen molar-refractivity contribution in [1.29, 1.82) is 0 Å². The zero-order valence-corrected chi connectivity index (χ0v) is 18.5. The van der Waals surface area contributed by atoms with E-state index < -0.39 is 17.9 Å². The van der Waals surface area contributed by atoms with Crippen LogP contribution in [0.25, 0.3) is 11.1 Å². The number of hydrogen-bond donors (Lipinski definition) is 3. The highest BCUT2D eigenvalue weighted by Gasteiger charge is 2.23. The van der Waals surface area contributed by atoms with Gasteiger partial charge in [-0.25, -0.2) is 14.4 Å². The fourth-order valence-electron chi connectivity index (χ4n) is 3.25. The molecular weight excluding hydrogens is 436 g/mol. The molecule has 1 amide bonds. The highest BCUT2D eigenvalue weighted by Crippen LogP contribution is 2.36. The minimum absolute atomic E-state index is 0.0847. The Hall–Kier alpha value is -3.24. The quantitative estimate of drug-likeness (QED) is 0.456. The van der Waals surface area contributed by atoms with Gasteiger partial charge in [0.2, 0.25) is 5.91 Å². The topological polar surface area (TPSA) is 133 Å². The summed E-state index contributed by atoms with van der Waals surface area (Å²) in [4.78, 5) is 45.2. The summed E-state index contributed by atoms with van der Waals surface area (Å²) < 4.78 is 4.95. The lowest BCUT2D eigenvalue weighted by atomic mass is 10.0. The molecule has 2 aromatic rings. The minimum atomic E-state index is -1.82. The van der Waals surface area contributed by atoms with Crippen LogP contribution in [-0.4, -0.2) is 65.7 Å². The number of aliphatic carboxylic acids is 2. The van der Waals surface area contributed by atoms with Crippen molar-refractivity contribution in [2.75, 3.05) is 32.1 Å². The Morgan fingerprint density at radius 3 is 2.12 bits per heavy atom. The van der Waals surface area contributed by atoms with Gasteiger partial charge in [-0.05, 0) is 31.5 Å². The lowest BCUT2D eigenvalue weighted by molar-refractivity contribution is -0.159. The lowest BCUT2D eigenvalue weighted by Gasteiger charge is -2.18. The van der Waals surface area contributed by atoms with Crippen molar-refractivity contribution in [1.82, 2.24) is 4.90 Å². The van der Waals surface area contributed by atoms with Gasteiger partial charge in [0.1, 0.15) is 10.6 Å². The first-order valence-electron chi connectivity index (χ1n) is 10.1. The van der Waals surface area contributed by atoms with Crippen LogP contribution in [0, 0.1) is 0 Å². The summed E-state index contributed by atoms with van der Waals surface area (Å²) in [5.41, 5.74) is 2.14. The van der Waals surface area contributed by atoms with Crippen LogP contribution in [0.1, 0.15) is 36.0 Å². The number of hydrogen-bond acceptors (Lipinski definition) is 7. The van der Waals surface area contributed by atoms with E-state index in [0.717, 1.165) is 37.1 Å². The first-order valence-corrected chi connectivity index (χ1v) is 10.9. The first-order chi connectivity index (χ1) is 15.3. The molecule has 32 heavy (non-hydrogen) atoms. The molecule has 0 bridgehead atoms. The number of carbonyl (C=O) groups is 4. The monoisotopic (exact) mass is 462 g/mol. The van der Waals surface area contributed by atoms with Gasteiger partial charge in [0.15, 0.2) is 0 Å². The molecule has 3 rings (SSSR count). The van der Waals surface area contributed by atoms with Gasteiger partial charge in [-0.1, -0.05) is 43.2 Å². The van der Waals surface area contributed by atoms with Crippen LogP contribution >= 0.6 is 11.3 Å². The third-order valence-electron chi connectivity index (χ3n) is 4.77. The Bertz CT molecular complexity index is 923. The minimum Gasteiger partial charge on any atom is -0.473 e.